The Morgan fingerprint density at radius 3 is 2.00 bits per heavy atom. The molecular formula is C8H10Cl2S. The monoisotopic (exact) mass is 208 g/mol. The molecule has 0 saturated heterocycles. The third kappa shape index (κ3) is 2.11. The first-order valence-electron chi connectivity index (χ1n) is 3.36. The summed E-state index contributed by atoms with van der Waals surface area (Å²) in [6.45, 7) is 6.38. The Morgan fingerprint density at radius 1 is 1.27 bits per heavy atom. The molecule has 1 heterocycles. The van der Waals surface area contributed by atoms with E-state index >= 15 is 0 Å². The van der Waals surface area contributed by atoms with Crippen LogP contribution in [0, 0.1) is 0 Å². The summed E-state index contributed by atoms with van der Waals surface area (Å²) in [6.07, 6.45) is 0. The molecule has 1 rings (SSSR count). The van der Waals surface area contributed by atoms with E-state index in [-0.39, 0.29) is 5.41 Å². The summed E-state index contributed by atoms with van der Waals surface area (Å²) in [7, 11) is 0. The highest BCUT2D eigenvalue weighted by Gasteiger charge is 2.19. The predicted octanol–water partition coefficient (Wildman–Crippen LogP) is 4.35. The normalized spacial score (nSPS) is 12.1. The van der Waals surface area contributed by atoms with Crippen molar-refractivity contribution >= 4 is 34.5 Å². The van der Waals surface area contributed by atoms with E-state index in [0.29, 0.717) is 0 Å². The zero-order valence-electron chi connectivity index (χ0n) is 6.74. The van der Waals surface area contributed by atoms with Gasteiger partial charge in [-0.25, -0.2) is 0 Å². The lowest BCUT2D eigenvalue weighted by molar-refractivity contribution is 0.604. The van der Waals surface area contributed by atoms with Crippen LogP contribution in [0.15, 0.2) is 6.07 Å². The standard InChI is InChI=1S/C8H10Cl2S/c1-8(2,3)7-5(9)4-6(10)11-7/h4H,1-3H3. The summed E-state index contributed by atoms with van der Waals surface area (Å²) in [4.78, 5) is 1.16. The van der Waals surface area contributed by atoms with Gasteiger partial charge in [-0.15, -0.1) is 11.3 Å². The molecule has 0 fully saturated rings. The van der Waals surface area contributed by atoms with Gasteiger partial charge in [0.05, 0.1) is 9.36 Å². The largest absolute Gasteiger partial charge is 0.126 e. The van der Waals surface area contributed by atoms with Crippen LogP contribution in [-0.4, -0.2) is 0 Å². The lowest BCUT2D eigenvalue weighted by Crippen LogP contribution is -2.08. The Morgan fingerprint density at radius 2 is 1.82 bits per heavy atom. The molecule has 0 amide bonds. The van der Waals surface area contributed by atoms with Crippen LogP contribution in [0.2, 0.25) is 9.36 Å². The Bertz CT molecular complexity index is 258. The Kier molecular flexibility index (Phi) is 2.53. The van der Waals surface area contributed by atoms with Gasteiger partial charge < -0.3 is 0 Å². The predicted molar refractivity (Wildman–Crippen MR) is 53.0 cm³/mol. The third-order valence-electron chi connectivity index (χ3n) is 1.34. The topological polar surface area (TPSA) is 0 Å². The molecule has 0 spiro atoms. The van der Waals surface area contributed by atoms with Gasteiger partial charge in [-0.3, -0.25) is 0 Å². The average molecular weight is 209 g/mol. The lowest BCUT2D eigenvalue weighted by atomic mass is 9.95. The molecule has 0 unspecified atom stereocenters. The molecule has 1 aromatic rings. The first-order chi connectivity index (χ1) is 4.91. The van der Waals surface area contributed by atoms with E-state index in [0.717, 1.165) is 14.2 Å². The number of hydrogen-bond acceptors (Lipinski definition) is 1. The number of thiophene rings is 1. The number of hydrogen-bond donors (Lipinski definition) is 0. The first-order valence-corrected chi connectivity index (χ1v) is 4.94. The maximum Gasteiger partial charge on any atom is 0.0946 e. The van der Waals surface area contributed by atoms with Crippen molar-refractivity contribution in [3.05, 3.63) is 20.3 Å². The summed E-state index contributed by atoms with van der Waals surface area (Å²) >= 11 is 13.3. The highest BCUT2D eigenvalue weighted by atomic mass is 35.5. The van der Waals surface area contributed by atoms with Crippen molar-refractivity contribution in [1.82, 2.24) is 0 Å². The van der Waals surface area contributed by atoms with Crippen molar-refractivity contribution in [3.8, 4) is 0 Å². The van der Waals surface area contributed by atoms with Crippen LogP contribution in [0.25, 0.3) is 0 Å². The smallest absolute Gasteiger partial charge is 0.0946 e. The van der Waals surface area contributed by atoms with Crippen LogP contribution in [-0.2, 0) is 5.41 Å². The fraction of sp³-hybridized carbons (Fsp3) is 0.500. The maximum atomic E-state index is 5.96. The molecule has 0 bridgehead atoms. The summed E-state index contributed by atoms with van der Waals surface area (Å²) in [5.41, 5.74) is 0.106. The maximum absolute atomic E-state index is 5.96. The zero-order valence-corrected chi connectivity index (χ0v) is 9.07. The quantitative estimate of drug-likeness (QED) is 0.595. The van der Waals surface area contributed by atoms with Crippen LogP contribution in [0.1, 0.15) is 25.6 Å². The van der Waals surface area contributed by atoms with Crippen LogP contribution in [0.3, 0.4) is 0 Å². The second kappa shape index (κ2) is 2.96. The van der Waals surface area contributed by atoms with Gasteiger partial charge in [0.2, 0.25) is 0 Å². The molecule has 11 heavy (non-hydrogen) atoms. The molecule has 0 N–H and O–H groups in total. The van der Waals surface area contributed by atoms with Crippen molar-refractivity contribution in [2.75, 3.05) is 0 Å². The number of halogens is 2. The molecular weight excluding hydrogens is 199 g/mol. The summed E-state index contributed by atoms with van der Waals surface area (Å²) in [6, 6.07) is 1.80. The molecule has 0 nitrogen and oxygen atoms in total. The van der Waals surface area contributed by atoms with Crippen LogP contribution in [0.5, 0.6) is 0 Å². The second-order valence-corrected chi connectivity index (χ2v) is 5.57. The molecule has 62 valence electrons. The van der Waals surface area contributed by atoms with Crippen molar-refractivity contribution in [2.24, 2.45) is 0 Å². The Hall–Kier alpha value is 0.280. The first kappa shape index (κ1) is 9.37. The Labute approximate surface area is 81.1 Å². The minimum absolute atomic E-state index is 0.106. The van der Waals surface area contributed by atoms with E-state index in [1.54, 1.807) is 17.4 Å². The average Bonchev–Trinajstić information content (AvgIpc) is 2.08. The van der Waals surface area contributed by atoms with E-state index in [1.165, 1.54) is 0 Å². The van der Waals surface area contributed by atoms with Gasteiger partial charge in [-0.2, -0.15) is 0 Å². The SMILES string of the molecule is CC(C)(C)c1sc(Cl)cc1Cl. The van der Waals surface area contributed by atoms with Gasteiger partial charge in [-0.1, -0.05) is 44.0 Å². The van der Waals surface area contributed by atoms with E-state index in [4.69, 9.17) is 23.2 Å². The van der Waals surface area contributed by atoms with Crippen LogP contribution < -0.4 is 0 Å². The van der Waals surface area contributed by atoms with E-state index < -0.39 is 0 Å². The van der Waals surface area contributed by atoms with E-state index in [2.05, 4.69) is 20.8 Å². The van der Waals surface area contributed by atoms with E-state index in [1.807, 2.05) is 0 Å². The van der Waals surface area contributed by atoms with Gasteiger partial charge in [0, 0.05) is 4.88 Å². The third-order valence-corrected chi connectivity index (χ3v) is 3.44. The molecule has 0 aromatic carbocycles. The molecule has 0 saturated carbocycles. The van der Waals surface area contributed by atoms with Crippen LogP contribution >= 0.6 is 34.5 Å². The minimum atomic E-state index is 0.106. The Balaban J connectivity index is 3.13. The van der Waals surface area contributed by atoms with Crippen LogP contribution in [0.4, 0.5) is 0 Å². The molecule has 0 radical (unpaired) electrons. The molecule has 0 aliphatic heterocycles. The highest BCUT2D eigenvalue weighted by Crippen LogP contribution is 2.38. The summed E-state index contributed by atoms with van der Waals surface area (Å²) < 4.78 is 0.764. The van der Waals surface area contributed by atoms with Gasteiger partial charge in [-0.05, 0) is 11.5 Å². The van der Waals surface area contributed by atoms with Gasteiger partial charge in [0.25, 0.3) is 0 Å². The fourth-order valence-corrected chi connectivity index (χ4v) is 2.66. The van der Waals surface area contributed by atoms with Gasteiger partial charge >= 0.3 is 0 Å². The lowest BCUT2D eigenvalue weighted by Gasteiger charge is -2.16. The van der Waals surface area contributed by atoms with Crippen molar-refractivity contribution < 1.29 is 0 Å². The molecule has 3 heteroatoms. The number of rotatable bonds is 0. The summed E-state index contributed by atoms with van der Waals surface area (Å²) in [5, 5.41) is 0.785. The second-order valence-electron chi connectivity index (χ2n) is 3.48. The molecule has 0 aliphatic rings. The fourth-order valence-electron chi connectivity index (χ4n) is 0.852. The molecule has 0 atom stereocenters. The van der Waals surface area contributed by atoms with Gasteiger partial charge in [0.15, 0.2) is 0 Å². The zero-order chi connectivity index (χ0) is 8.65. The molecule has 1 aromatic heterocycles. The highest BCUT2D eigenvalue weighted by molar-refractivity contribution is 7.16. The van der Waals surface area contributed by atoms with Crippen molar-refractivity contribution in [2.45, 2.75) is 26.2 Å². The summed E-state index contributed by atoms with van der Waals surface area (Å²) in [5.74, 6) is 0. The van der Waals surface area contributed by atoms with E-state index in [9.17, 15) is 0 Å². The van der Waals surface area contributed by atoms with Crippen molar-refractivity contribution in [3.63, 3.8) is 0 Å². The van der Waals surface area contributed by atoms with Gasteiger partial charge in [0.1, 0.15) is 0 Å². The molecule has 0 aliphatic carbocycles. The minimum Gasteiger partial charge on any atom is -0.126 e. The van der Waals surface area contributed by atoms with Crippen molar-refractivity contribution in [1.29, 1.82) is 0 Å².